The first kappa shape index (κ1) is 21.0. The number of hydrogen-bond acceptors (Lipinski definition) is 6. The molecule has 0 unspecified atom stereocenters. The predicted octanol–water partition coefficient (Wildman–Crippen LogP) is 3.41. The number of rotatable bonds is 0. The van der Waals surface area contributed by atoms with E-state index in [1.54, 1.807) is 24.3 Å². The van der Waals surface area contributed by atoms with E-state index in [0.717, 1.165) is 0 Å². The second kappa shape index (κ2) is 8.35. The van der Waals surface area contributed by atoms with E-state index >= 15 is 0 Å². The van der Waals surface area contributed by atoms with Gasteiger partial charge in [0.1, 0.15) is 12.2 Å². The van der Waals surface area contributed by atoms with Gasteiger partial charge in [-0.25, -0.2) is 13.2 Å². The molecule has 1 saturated heterocycles. The van der Waals surface area contributed by atoms with E-state index in [4.69, 9.17) is 14.2 Å². The summed E-state index contributed by atoms with van der Waals surface area (Å²) in [5.41, 5.74) is 0.784. The fourth-order valence-electron chi connectivity index (χ4n) is 3.61. The summed E-state index contributed by atoms with van der Waals surface area (Å²) < 4.78 is 42.6. The summed E-state index contributed by atoms with van der Waals surface area (Å²) >= 11 is 0. The molecular formula is C21H28O6S. The number of ether oxygens (including phenoxy) is 3. The van der Waals surface area contributed by atoms with Crippen molar-refractivity contribution in [3.8, 4) is 0 Å². The van der Waals surface area contributed by atoms with Crippen molar-refractivity contribution < 1.29 is 27.4 Å². The molecule has 2 heterocycles. The van der Waals surface area contributed by atoms with Crippen molar-refractivity contribution in [1.29, 1.82) is 0 Å². The fourth-order valence-corrected chi connectivity index (χ4v) is 5.08. The van der Waals surface area contributed by atoms with E-state index in [2.05, 4.69) is 0 Å². The van der Waals surface area contributed by atoms with Crippen LogP contribution in [0.25, 0.3) is 0 Å². The van der Waals surface area contributed by atoms with Crippen LogP contribution in [0, 0.1) is 0 Å². The highest BCUT2D eigenvalue weighted by atomic mass is 32.2. The summed E-state index contributed by atoms with van der Waals surface area (Å²) in [6.45, 7) is 5.52. The van der Waals surface area contributed by atoms with Crippen LogP contribution in [0.1, 0.15) is 56.0 Å². The zero-order valence-corrected chi connectivity index (χ0v) is 17.4. The van der Waals surface area contributed by atoms with Gasteiger partial charge in [-0.2, -0.15) is 0 Å². The first-order valence-electron chi connectivity index (χ1n) is 9.67. The highest BCUT2D eigenvalue weighted by Gasteiger charge is 2.39. The third-order valence-corrected chi connectivity index (χ3v) is 6.54. The average molecular weight is 409 g/mol. The van der Waals surface area contributed by atoms with Crippen molar-refractivity contribution in [2.75, 3.05) is 5.75 Å². The average Bonchev–Trinajstić information content (AvgIpc) is 2.87. The molecule has 3 atom stereocenters. The number of fused-ring (bicyclic) bond motifs is 2. The van der Waals surface area contributed by atoms with Crippen molar-refractivity contribution in [2.45, 2.75) is 69.9 Å². The summed E-state index contributed by atoms with van der Waals surface area (Å²) in [4.78, 5) is 12.5. The Balaban J connectivity index is 1.85. The Morgan fingerprint density at radius 1 is 1.14 bits per heavy atom. The van der Waals surface area contributed by atoms with Gasteiger partial charge in [0.05, 0.1) is 23.2 Å². The molecule has 0 saturated carbocycles. The Morgan fingerprint density at radius 2 is 1.89 bits per heavy atom. The SMILES string of the molecule is C[C@H]1C/C=C/[C@H]2OC(C)(C)O[C@H]2CCCS(=O)(=O)Cc2ccccc2C(=O)O1. The molecule has 6 nitrogen and oxygen atoms in total. The van der Waals surface area contributed by atoms with Crippen LogP contribution in [-0.2, 0) is 29.8 Å². The van der Waals surface area contributed by atoms with E-state index in [1.165, 1.54) is 0 Å². The fraction of sp³-hybridized carbons (Fsp3) is 0.571. The normalized spacial score (nSPS) is 31.5. The maximum absolute atomic E-state index is 12.6. The highest BCUT2D eigenvalue weighted by molar-refractivity contribution is 7.90. The molecule has 1 aromatic rings. The molecule has 0 amide bonds. The number of esters is 1. The molecule has 0 radical (unpaired) electrons. The first-order valence-corrected chi connectivity index (χ1v) is 11.5. The number of sulfone groups is 1. The third kappa shape index (κ3) is 5.43. The molecule has 0 bridgehead atoms. The third-order valence-electron chi connectivity index (χ3n) is 4.88. The van der Waals surface area contributed by atoms with Crippen LogP contribution in [0.3, 0.4) is 0 Å². The number of hydrogen-bond donors (Lipinski definition) is 0. The molecule has 28 heavy (non-hydrogen) atoms. The molecule has 3 rings (SSSR count). The van der Waals surface area contributed by atoms with Gasteiger partial charge in [0.15, 0.2) is 15.6 Å². The second-order valence-electron chi connectivity index (χ2n) is 7.91. The van der Waals surface area contributed by atoms with Crippen LogP contribution in [-0.4, -0.2) is 44.2 Å². The lowest BCUT2D eigenvalue weighted by molar-refractivity contribution is -0.143. The Labute approximate surface area is 166 Å². The zero-order chi connectivity index (χ0) is 20.4. The smallest absolute Gasteiger partial charge is 0.338 e. The van der Waals surface area contributed by atoms with Gasteiger partial charge >= 0.3 is 5.97 Å². The van der Waals surface area contributed by atoms with Crippen molar-refractivity contribution >= 4 is 15.8 Å². The van der Waals surface area contributed by atoms with Gasteiger partial charge in [0, 0.05) is 6.42 Å². The molecule has 2 aliphatic rings. The number of carbonyl (C=O) groups is 1. The molecular weight excluding hydrogens is 380 g/mol. The maximum atomic E-state index is 12.6. The van der Waals surface area contributed by atoms with Crippen LogP contribution in [0.2, 0.25) is 0 Å². The Hall–Kier alpha value is -1.70. The molecule has 2 aliphatic heterocycles. The quantitative estimate of drug-likeness (QED) is 0.484. The monoisotopic (exact) mass is 408 g/mol. The van der Waals surface area contributed by atoms with Crippen LogP contribution < -0.4 is 0 Å². The van der Waals surface area contributed by atoms with E-state index in [-0.39, 0.29) is 29.8 Å². The molecule has 7 heteroatoms. The Bertz CT molecular complexity index is 842. The summed E-state index contributed by atoms with van der Waals surface area (Å²) in [5.74, 6) is -1.35. The van der Waals surface area contributed by atoms with E-state index < -0.39 is 21.6 Å². The maximum Gasteiger partial charge on any atom is 0.338 e. The van der Waals surface area contributed by atoms with Crippen LogP contribution in [0.4, 0.5) is 0 Å². The largest absolute Gasteiger partial charge is 0.459 e. The summed E-state index contributed by atoms with van der Waals surface area (Å²) in [5, 5.41) is 0. The lowest BCUT2D eigenvalue weighted by Gasteiger charge is -2.17. The molecule has 0 N–H and O–H groups in total. The van der Waals surface area contributed by atoms with E-state index in [1.807, 2.05) is 32.9 Å². The molecule has 1 fully saturated rings. The van der Waals surface area contributed by atoms with Gasteiger partial charge in [-0.3, -0.25) is 0 Å². The first-order chi connectivity index (χ1) is 13.2. The molecule has 0 spiro atoms. The van der Waals surface area contributed by atoms with Gasteiger partial charge in [-0.1, -0.05) is 30.4 Å². The summed E-state index contributed by atoms with van der Waals surface area (Å²) in [6.07, 6.45) is 4.67. The Morgan fingerprint density at radius 3 is 2.68 bits per heavy atom. The van der Waals surface area contributed by atoms with Crippen LogP contribution in [0.5, 0.6) is 0 Å². The number of benzene rings is 1. The molecule has 0 aliphatic carbocycles. The minimum absolute atomic E-state index is 0.0313. The Kier molecular flexibility index (Phi) is 6.27. The number of carbonyl (C=O) groups excluding carboxylic acids is 1. The molecule has 0 aromatic heterocycles. The topological polar surface area (TPSA) is 78.9 Å². The summed E-state index contributed by atoms with van der Waals surface area (Å²) in [6, 6.07) is 6.73. The van der Waals surface area contributed by atoms with Gasteiger partial charge in [0.25, 0.3) is 0 Å². The zero-order valence-electron chi connectivity index (χ0n) is 16.6. The predicted molar refractivity (Wildman–Crippen MR) is 106 cm³/mol. The van der Waals surface area contributed by atoms with Crippen molar-refractivity contribution in [2.24, 2.45) is 0 Å². The van der Waals surface area contributed by atoms with Gasteiger partial charge in [-0.05, 0) is 45.2 Å². The second-order valence-corrected chi connectivity index (χ2v) is 10.1. The summed E-state index contributed by atoms with van der Waals surface area (Å²) in [7, 11) is -3.37. The van der Waals surface area contributed by atoms with Crippen LogP contribution in [0.15, 0.2) is 36.4 Å². The lowest BCUT2D eigenvalue weighted by Crippen LogP contribution is -2.22. The number of cyclic esters (lactones) is 1. The molecule has 1 aromatic carbocycles. The minimum Gasteiger partial charge on any atom is -0.459 e. The van der Waals surface area contributed by atoms with E-state index in [9.17, 15) is 13.2 Å². The van der Waals surface area contributed by atoms with Crippen molar-refractivity contribution in [1.82, 2.24) is 0 Å². The lowest BCUT2D eigenvalue weighted by atomic mass is 10.1. The standard InChI is InChI=1S/C21H28O6S/c1-15-8-6-11-18-19(27-21(2,3)26-18)12-7-13-28(23,24)14-16-9-4-5-10-17(16)20(22)25-15/h4-6,9-11,15,18-19H,7-8,12-14H2,1-3H3/b11-6+/t15-,18+,19-/m0/s1. The highest BCUT2D eigenvalue weighted by Crippen LogP contribution is 2.32. The minimum atomic E-state index is -3.37. The van der Waals surface area contributed by atoms with Crippen molar-refractivity contribution in [3.63, 3.8) is 0 Å². The van der Waals surface area contributed by atoms with Gasteiger partial charge in [-0.15, -0.1) is 0 Å². The van der Waals surface area contributed by atoms with Gasteiger partial charge < -0.3 is 14.2 Å². The van der Waals surface area contributed by atoms with E-state index in [0.29, 0.717) is 30.4 Å². The van der Waals surface area contributed by atoms with Crippen molar-refractivity contribution in [3.05, 3.63) is 47.5 Å². The van der Waals surface area contributed by atoms with Crippen LogP contribution >= 0.6 is 0 Å². The molecule has 154 valence electrons. The van der Waals surface area contributed by atoms with Gasteiger partial charge in [0.2, 0.25) is 0 Å².